The number of aliphatic hydroxyl groups is 2. The molecule has 0 aliphatic carbocycles. The molecule has 0 aromatic rings. The Morgan fingerprint density at radius 3 is 0.846 bits per heavy atom. The number of hydrogen-bond acceptors (Lipinski definition) is 2. The van der Waals surface area contributed by atoms with E-state index in [0.29, 0.717) is 11.5 Å². The van der Waals surface area contributed by atoms with E-state index in [1.165, 1.54) is 0 Å². The van der Waals surface area contributed by atoms with Crippen LogP contribution in [0.2, 0.25) is 0 Å². The Morgan fingerprint density at radius 2 is 0.808 bits per heavy atom. The van der Waals surface area contributed by atoms with Crippen LogP contribution in [0.15, 0.2) is 23.7 Å². The van der Waals surface area contributed by atoms with Crippen molar-refractivity contribution in [2.45, 2.75) is 69.2 Å². The molecule has 0 saturated heterocycles. The summed E-state index contributed by atoms with van der Waals surface area (Å²) in [7, 11) is 3.50. The first-order valence-corrected chi connectivity index (χ1v) is 8.70. The second-order valence-corrected chi connectivity index (χ2v) is 10.0. The van der Waals surface area contributed by atoms with Crippen LogP contribution >= 0.6 is 0 Å². The third-order valence-electron chi connectivity index (χ3n) is 2.53. The van der Waals surface area contributed by atoms with Crippen LogP contribution in [0.3, 0.4) is 0 Å². The molecule has 0 unspecified atom stereocenters. The number of allylic oxidation sites excluding steroid dienone is 4. The smallest absolute Gasteiger partial charge is 0.668 e. The van der Waals surface area contributed by atoms with Crippen molar-refractivity contribution >= 4 is 0 Å². The minimum atomic E-state index is -0.368. The van der Waals surface area contributed by atoms with Crippen LogP contribution in [0.25, 0.3) is 5.32 Å². The molecule has 0 aliphatic heterocycles. The van der Waals surface area contributed by atoms with E-state index in [1.807, 2.05) is 39.8 Å². The van der Waals surface area contributed by atoms with Crippen molar-refractivity contribution in [3.63, 3.8) is 0 Å². The van der Waals surface area contributed by atoms with Gasteiger partial charge in [0.05, 0.1) is 11.5 Å². The molecule has 0 fully saturated rings. The fourth-order valence-electron chi connectivity index (χ4n) is 1.21. The third kappa shape index (κ3) is 26.0. The minimum Gasteiger partial charge on any atom is -0.668 e. The van der Waals surface area contributed by atoms with Crippen molar-refractivity contribution in [3.8, 4) is 0 Å². The Hall–Kier alpha value is -0.246. The molecule has 3 nitrogen and oxygen atoms in total. The first-order chi connectivity index (χ1) is 10.7. The van der Waals surface area contributed by atoms with E-state index in [2.05, 4.69) is 60.7 Å². The SMILES string of the molecule is C[N-]C.[CH2-]C(C)(C)C(O)=CC(C)(C)C.[CH2-]C(C)(C)C(O)=CC(C)(C)C.[Ti+3]. The number of aliphatic hydroxyl groups excluding tert-OH is 2. The topological polar surface area (TPSA) is 54.6 Å². The van der Waals surface area contributed by atoms with E-state index in [9.17, 15) is 10.2 Å². The summed E-state index contributed by atoms with van der Waals surface area (Å²) in [6, 6.07) is 0. The molecule has 0 heterocycles. The molecule has 0 rings (SSSR count). The fourth-order valence-corrected chi connectivity index (χ4v) is 1.21. The fraction of sp³-hybridized carbons (Fsp3) is 0.727. The second-order valence-electron chi connectivity index (χ2n) is 10.0. The number of hydrogen-bond donors (Lipinski definition) is 2. The van der Waals surface area contributed by atoms with E-state index in [4.69, 9.17) is 0 Å². The average Bonchev–Trinajstić information content (AvgIpc) is 2.23. The molecule has 0 spiro atoms. The summed E-state index contributed by atoms with van der Waals surface area (Å²) in [4.78, 5) is 0. The van der Waals surface area contributed by atoms with Gasteiger partial charge in [-0.1, -0.05) is 69.2 Å². The predicted molar refractivity (Wildman–Crippen MR) is 114 cm³/mol. The second kappa shape index (κ2) is 13.0. The normalized spacial score (nSPS) is 13.6. The van der Waals surface area contributed by atoms with E-state index in [1.54, 1.807) is 14.1 Å². The molecule has 4 heteroatoms. The summed E-state index contributed by atoms with van der Waals surface area (Å²) in [6.07, 6.45) is 3.69. The molecule has 0 aromatic heterocycles. The summed E-state index contributed by atoms with van der Waals surface area (Å²) in [5, 5.41) is 22.5. The molecule has 0 atom stereocenters. The van der Waals surface area contributed by atoms with Crippen LogP contribution in [0.4, 0.5) is 0 Å². The Morgan fingerprint density at radius 1 is 0.654 bits per heavy atom. The largest absolute Gasteiger partial charge is 3.00 e. The monoisotopic (exact) mass is 402 g/mol. The molecule has 1 radical (unpaired) electrons. The van der Waals surface area contributed by atoms with Crippen LogP contribution in [-0.2, 0) is 21.7 Å². The summed E-state index contributed by atoms with van der Waals surface area (Å²) in [5.41, 5.74) is -0.682. The first-order valence-electron chi connectivity index (χ1n) is 8.70. The van der Waals surface area contributed by atoms with Crippen molar-refractivity contribution in [2.75, 3.05) is 14.1 Å². The van der Waals surface area contributed by atoms with Gasteiger partial charge in [-0.05, 0) is 23.0 Å². The van der Waals surface area contributed by atoms with E-state index >= 15 is 0 Å². The maximum absolute atomic E-state index is 9.52. The minimum absolute atomic E-state index is 0. The van der Waals surface area contributed by atoms with Gasteiger partial charge in [-0.25, -0.2) is 0 Å². The van der Waals surface area contributed by atoms with Gasteiger partial charge < -0.3 is 29.4 Å². The molecule has 0 amide bonds. The molecular formula is C22H44NO2Ti. The summed E-state index contributed by atoms with van der Waals surface area (Å²) >= 11 is 0. The van der Waals surface area contributed by atoms with Gasteiger partial charge in [-0.2, -0.15) is 14.1 Å². The average molecular weight is 402 g/mol. The maximum atomic E-state index is 9.52. The first kappa shape index (κ1) is 33.3. The Labute approximate surface area is 179 Å². The van der Waals surface area contributed by atoms with Gasteiger partial charge in [0.25, 0.3) is 0 Å². The molecule has 153 valence electrons. The van der Waals surface area contributed by atoms with Crippen LogP contribution < -0.4 is 0 Å². The molecule has 0 saturated carbocycles. The van der Waals surface area contributed by atoms with Gasteiger partial charge in [0.15, 0.2) is 0 Å². The predicted octanol–water partition coefficient (Wildman–Crippen LogP) is 7.29. The van der Waals surface area contributed by atoms with Crippen molar-refractivity contribution < 1.29 is 31.9 Å². The Balaban J connectivity index is -0.000000156. The molecule has 0 bridgehead atoms. The van der Waals surface area contributed by atoms with Crippen molar-refractivity contribution in [1.29, 1.82) is 0 Å². The van der Waals surface area contributed by atoms with Gasteiger partial charge in [0.2, 0.25) is 0 Å². The Kier molecular flexibility index (Phi) is 16.7. The van der Waals surface area contributed by atoms with Crippen LogP contribution in [0.1, 0.15) is 69.2 Å². The molecule has 2 N–H and O–H groups in total. The molecule has 0 aromatic carbocycles. The zero-order chi connectivity index (χ0) is 21.3. The zero-order valence-electron chi connectivity index (χ0n) is 19.4. The molecular weight excluding hydrogens is 358 g/mol. The zero-order valence-corrected chi connectivity index (χ0v) is 21.0. The van der Waals surface area contributed by atoms with Gasteiger partial charge in [0.1, 0.15) is 0 Å². The quantitative estimate of drug-likeness (QED) is 0.289. The van der Waals surface area contributed by atoms with Gasteiger partial charge >= 0.3 is 21.7 Å². The van der Waals surface area contributed by atoms with E-state index in [-0.39, 0.29) is 43.4 Å². The Bertz CT molecular complexity index is 371. The number of rotatable bonds is 2. The van der Waals surface area contributed by atoms with Crippen molar-refractivity contribution in [1.82, 2.24) is 0 Å². The van der Waals surface area contributed by atoms with Crippen LogP contribution in [0.5, 0.6) is 0 Å². The van der Waals surface area contributed by atoms with Gasteiger partial charge in [0, 0.05) is 0 Å². The molecule has 26 heavy (non-hydrogen) atoms. The summed E-state index contributed by atoms with van der Waals surface area (Å²) in [6.45, 7) is 27.5. The molecule has 0 aliphatic rings. The standard InChI is InChI=1S/2C10H19O.C2H6N.Ti/c2*1-9(2,3)7-8(11)10(4,5)6;1-3-2;/h2*7,11H,4H2,1-3,5-6H3;1-2H3;/q3*-1;+3. The third-order valence-corrected chi connectivity index (χ3v) is 2.53. The van der Waals surface area contributed by atoms with E-state index < -0.39 is 0 Å². The maximum Gasteiger partial charge on any atom is 3.00 e. The van der Waals surface area contributed by atoms with Gasteiger partial charge in [-0.3, -0.25) is 0 Å². The summed E-state index contributed by atoms with van der Waals surface area (Å²) in [5.74, 6) is 0.731. The van der Waals surface area contributed by atoms with Crippen LogP contribution in [-0.4, -0.2) is 24.3 Å². The number of nitrogens with zero attached hydrogens (tertiary/aromatic N) is 1. The van der Waals surface area contributed by atoms with Crippen molar-refractivity contribution in [3.05, 3.63) is 42.8 Å². The van der Waals surface area contributed by atoms with Crippen molar-refractivity contribution in [2.24, 2.45) is 21.7 Å². The van der Waals surface area contributed by atoms with Crippen LogP contribution in [0, 0.1) is 35.5 Å². The van der Waals surface area contributed by atoms with E-state index in [0.717, 1.165) is 0 Å². The summed E-state index contributed by atoms with van der Waals surface area (Å²) < 4.78 is 0. The van der Waals surface area contributed by atoms with Gasteiger partial charge in [-0.15, -0.1) is 10.8 Å².